The van der Waals surface area contributed by atoms with Crippen LogP contribution < -0.4 is 10.6 Å². The quantitative estimate of drug-likeness (QED) is 0.586. The van der Waals surface area contributed by atoms with Crippen molar-refractivity contribution < 1.29 is 19.5 Å². The molecule has 2 unspecified atom stereocenters. The Bertz CT molecular complexity index is 346. The maximum atomic E-state index is 11.9. The summed E-state index contributed by atoms with van der Waals surface area (Å²) in [7, 11) is 0. The van der Waals surface area contributed by atoms with Gasteiger partial charge in [0.25, 0.3) is 0 Å². The van der Waals surface area contributed by atoms with E-state index in [2.05, 4.69) is 10.6 Å². The van der Waals surface area contributed by atoms with E-state index in [1.165, 1.54) is 11.8 Å². The van der Waals surface area contributed by atoms with Gasteiger partial charge in [0.2, 0.25) is 5.91 Å². The Morgan fingerprint density at radius 2 is 2.12 bits per heavy atom. The Morgan fingerprint density at radius 1 is 1.38 bits per heavy atom. The van der Waals surface area contributed by atoms with E-state index >= 15 is 0 Å². The normalized spacial score (nSPS) is 33.8. The highest BCUT2D eigenvalue weighted by Gasteiger charge is 2.38. The van der Waals surface area contributed by atoms with Crippen molar-refractivity contribution in [3.8, 4) is 0 Å². The van der Waals surface area contributed by atoms with Gasteiger partial charge in [-0.25, -0.2) is 0 Å². The van der Waals surface area contributed by atoms with Gasteiger partial charge in [0.15, 0.2) is 5.78 Å². The Hall–Kier alpha value is -1.08. The van der Waals surface area contributed by atoms with Gasteiger partial charge in [-0.1, -0.05) is 0 Å². The van der Waals surface area contributed by atoms with Crippen LogP contribution in [0.2, 0.25) is 0 Å². The number of nitrogens with one attached hydrogen (secondary N) is 2. The van der Waals surface area contributed by atoms with Crippen LogP contribution in [0.4, 0.5) is 0 Å². The minimum Gasteiger partial charge on any atom is -0.480 e. The lowest BCUT2D eigenvalue weighted by molar-refractivity contribution is -0.138. The molecule has 0 aromatic rings. The predicted molar refractivity (Wildman–Crippen MR) is 57.0 cm³/mol. The summed E-state index contributed by atoms with van der Waals surface area (Å²) in [6, 6.07) is -1.12. The van der Waals surface area contributed by atoms with Crippen molar-refractivity contribution in [1.29, 1.82) is 0 Å². The van der Waals surface area contributed by atoms with Crippen LogP contribution in [0.5, 0.6) is 0 Å². The van der Waals surface area contributed by atoms with E-state index in [0.29, 0.717) is 18.6 Å². The molecule has 1 amide bonds. The van der Waals surface area contributed by atoms with Gasteiger partial charge in [-0.05, 0) is 6.42 Å². The minimum absolute atomic E-state index is 0.115. The summed E-state index contributed by atoms with van der Waals surface area (Å²) >= 11 is 1.28. The number of amides is 1. The van der Waals surface area contributed by atoms with Crippen LogP contribution in [0.25, 0.3) is 0 Å². The summed E-state index contributed by atoms with van der Waals surface area (Å²) in [6.45, 7) is 0. The van der Waals surface area contributed by atoms with Crippen LogP contribution in [0.1, 0.15) is 12.8 Å². The van der Waals surface area contributed by atoms with Crippen LogP contribution in [0.15, 0.2) is 0 Å². The second-order valence-corrected chi connectivity index (χ2v) is 4.97. The van der Waals surface area contributed by atoms with Gasteiger partial charge in [0, 0.05) is 12.2 Å². The number of Topliss-reactive ketones (excluding diaryl/α,β-unsaturated/α-hetero) is 1. The van der Waals surface area contributed by atoms with Gasteiger partial charge in [0.1, 0.15) is 11.4 Å². The first kappa shape index (κ1) is 11.4. The molecule has 16 heavy (non-hydrogen) atoms. The van der Waals surface area contributed by atoms with Crippen molar-refractivity contribution in [2.45, 2.75) is 30.3 Å². The van der Waals surface area contributed by atoms with Crippen molar-refractivity contribution in [3.05, 3.63) is 0 Å². The molecule has 2 aliphatic heterocycles. The molecule has 6 nitrogen and oxygen atoms in total. The monoisotopic (exact) mass is 244 g/mol. The van der Waals surface area contributed by atoms with Crippen molar-refractivity contribution in [2.75, 3.05) is 5.75 Å². The molecule has 88 valence electrons. The van der Waals surface area contributed by atoms with Gasteiger partial charge < -0.3 is 10.4 Å². The second-order valence-electron chi connectivity index (χ2n) is 3.83. The number of carbonyl (C=O) groups excluding carboxylic acids is 2. The summed E-state index contributed by atoms with van der Waals surface area (Å²) in [5, 5.41) is 13.6. The zero-order chi connectivity index (χ0) is 11.7. The number of carboxylic acid groups (broad SMARTS) is 1. The molecule has 0 aliphatic carbocycles. The lowest BCUT2D eigenvalue weighted by Gasteiger charge is -2.14. The molecule has 3 N–H and O–H groups in total. The van der Waals surface area contributed by atoms with Gasteiger partial charge in [0.05, 0.1) is 6.04 Å². The van der Waals surface area contributed by atoms with Crippen LogP contribution in [-0.4, -0.2) is 46.0 Å². The van der Waals surface area contributed by atoms with Crippen LogP contribution in [0.3, 0.4) is 0 Å². The fourth-order valence-electron chi connectivity index (χ4n) is 1.79. The summed E-state index contributed by atoms with van der Waals surface area (Å²) in [6.07, 6.45) is 0.879. The van der Waals surface area contributed by atoms with E-state index in [1.54, 1.807) is 0 Å². The lowest BCUT2D eigenvalue weighted by Crippen LogP contribution is -2.46. The van der Waals surface area contributed by atoms with Gasteiger partial charge >= 0.3 is 5.97 Å². The average molecular weight is 244 g/mol. The SMILES string of the molecule is O=C1CC[C@@H](C(=O)C2NC(C(=O)O)CS2)N1. The van der Waals surface area contributed by atoms with E-state index < -0.39 is 23.4 Å². The predicted octanol–water partition coefficient (Wildman–Crippen LogP) is -1.05. The third-order valence-corrected chi connectivity index (χ3v) is 3.90. The number of carboxylic acids is 1. The third kappa shape index (κ3) is 2.19. The zero-order valence-electron chi connectivity index (χ0n) is 8.43. The number of rotatable bonds is 3. The number of thioether (sulfide) groups is 1. The molecule has 2 fully saturated rings. The second kappa shape index (κ2) is 4.42. The zero-order valence-corrected chi connectivity index (χ0v) is 9.25. The molecule has 2 heterocycles. The highest BCUT2D eigenvalue weighted by Crippen LogP contribution is 2.22. The molecule has 0 bridgehead atoms. The molecular formula is C9H12N2O4S. The summed E-state index contributed by atoms with van der Waals surface area (Å²) in [4.78, 5) is 33.5. The molecule has 3 atom stereocenters. The number of hydrogen-bond acceptors (Lipinski definition) is 5. The number of hydrogen-bond donors (Lipinski definition) is 3. The molecule has 2 aliphatic rings. The van der Waals surface area contributed by atoms with E-state index in [1.807, 2.05) is 0 Å². The fourth-order valence-corrected chi connectivity index (χ4v) is 3.00. The number of carbonyl (C=O) groups is 3. The molecule has 2 rings (SSSR count). The van der Waals surface area contributed by atoms with E-state index in [9.17, 15) is 14.4 Å². The van der Waals surface area contributed by atoms with Crippen LogP contribution in [0, 0.1) is 0 Å². The molecule has 0 aromatic carbocycles. The smallest absolute Gasteiger partial charge is 0.321 e. The molecule has 0 spiro atoms. The Balaban J connectivity index is 1.92. The van der Waals surface area contributed by atoms with Crippen molar-refractivity contribution >= 4 is 29.4 Å². The first-order valence-electron chi connectivity index (χ1n) is 5.01. The van der Waals surface area contributed by atoms with E-state index in [4.69, 9.17) is 5.11 Å². The summed E-state index contributed by atoms with van der Waals surface area (Å²) in [5.41, 5.74) is 0. The van der Waals surface area contributed by atoms with Crippen molar-refractivity contribution in [3.63, 3.8) is 0 Å². The first-order chi connectivity index (χ1) is 7.58. The number of ketones is 1. The van der Waals surface area contributed by atoms with Crippen molar-refractivity contribution in [1.82, 2.24) is 10.6 Å². The van der Waals surface area contributed by atoms with Crippen LogP contribution >= 0.6 is 11.8 Å². The standard InChI is InChI=1S/C9H12N2O4S/c12-6-2-1-4(10-6)7(13)8-11-5(3-16-8)9(14)15/h4-5,8,11H,1-3H2,(H,10,12)(H,14,15)/t4-,5?,8?/m0/s1. The van der Waals surface area contributed by atoms with Gasteiger partial charge in [-0.15, -0.1) is 11.8 Å². The fraction of sp³-hybridized carbons (Fsp3) is 0.667. The molecule has 2 saturated heterocycles. The highest BCUT2D eigenvalue weighted by atomic mass is 32.2. The largest absolute Gasteiger partial charge is 0.480 e. The summed E-state index contributed by atoms with van der Waals surface area (Å²) in [5.74, 6) is -0.805. The molecule has 0 saturated carbocycles. The van der Waals surface area contributed by atoms with Gasteiger partial charge in [-0.2, -0.15) is 0 Å². The molecule has 7 heteroatoms. The molecule has 0 aromatic heterocycles. The Kier molecular flexibility index (Phi) is 3.15. The molecular weight excluding hydrogens is 232 g/mol. The average Bonchev–Trinajstić information content (AvgIpc) is 2.84. The lowest BCUT2D eigenvalue weighted by atomic mass is 10.1. The first-order valence-corrected chi connectivity index (χ1v) is 6.06. The maximum Gasteiger partial charge on any atom is 0.321 e. The van der Waals surface area contributed by atoms with Gasteiger partial charge in [-0.3, -0.25) is 19.7 Å². The third-order valence-electron chi connectivity index (χ3n) is 2.68. The summed E-state index contributed by atoms with van der Waals surface area (Å²) < 4.78 is 0. The Morgan fingerprint density at radius 3 is 2.62 bits per heavy atom. The maximum absolute atomic E-state index is 11.9. The van der Waals surface area contributed by atoms with E-state index in [-0.39, 0.29) is 11.7 Å². The minimum atomic E-state index is -0.946. The van der Waals surface area contributed by atoms with Crippen LogP contribution in [-0.2, 0) is 14.4 Å². The Labute approximate surface area is 96.1 Å². The topological polar surface area (TPSA) is 95.5 Å². The highest BCUT2D eigenvalue weighted by molar-refractivity contribution is 8.00. The van der Waals surface area contributed by atoms with E-state index in [0.717, 1.165) is 0 Å². The number of aliphatic carboxylic acids is 1. The van der Waals surface area contributed by atoms with Crippen molar-refractivity contribution in [2.24, 2.45) is 0 Å². The molecule has 0 radical (unpaired) electrons.